The van der Waals surface area contributed by atoms with Crippen LogP contribution in [-0.4, -0.2) is 60.2 Å². The van der Waals surface area contributed by atoms with E-state index in [4.69, 9.17) is 11.6 Å². The molecular weight excluding hydrogens is 472 g/mol. The lowest BCUT2D eigenvalue weighted by atomic mass is 9.84. The average molecular weight is 505 g/mol. The highest BCUT2D eigenvalue weighted by atomic mass is 35.5. The molecule has 2 N–H and O–H groups in total. The van der Waals surface area contributed by atoms with Crippen molar-refractivity contribution in [2.24, 2.45) is 0 Å². The van der Waals surface area contributed by atoms with Gasteiger partial charge in [-0.15, -0.1) is 0 Å². The van der Waals surface area contributed by atoms with Gasteiger partial charge in [0.2, 0.25) is 0 Å². The Morgan fingerprint density at radius 1 is 1.00 bits per heavy atom. The molecule has 1 aromatic heterocycles. The molecule has 1 aliphatic heterocycles. The summed E-state index contributed by atoms with van der Waals surface area (Å²) in [6, 6.07) is 10.0. The molecule has 3 aromatic rings. The van der Waals surface area contributed by atoms with Gasteiger partial charge >= 0.3 is 6.03 Å². The first-order valence-electron chi connectivity index (χ1n) is 12.6. The number of fused-ring (bicyclic) bond motifs is 1. The highest BCUT2D eigenvalue weighted by Crippen LogP contribution is 2.33. The van der Waals surface area contributed by atoms with E-state index in [2.05, 4.69) is 56.5 Å². The van der Waals surface area contributed by atoms with Gasteiger partial charge in [-0.3, -0.25) is 10.3 Å². The highest BCUT2D eigenvalue weighted by Gasteiger charge is 2.26. The van der Waals surface area contributed by atoms with Crippen LogP contribution in [-0.2, 0) is 12.8 Å². The van der Waals surface area contributed by atoms with Gasteiger partial charge < -0.3 is 15.1 Å². The zero-order valence-corrected chi connectivity index (χ0v) is 21.9. The predicted molar refractivity (Wildman–Crippen MR) is 146 cm³/mol. The summed E-state index contributed by atoms with van der Waals surface area (Å²) in [4.78, 5) is 26.6. The zero-order valence-electron chi connectivity index (χ0n) is 21.1. The van der Waals surface area contributed by atoms with Gasteiger partial charge in [0.25, 0.3) is 0 Å². The summed E-state index contributed by atoms with van der Waals surface area (Å²) in [6.45, 7) is 8.40. The number of aryl methyl sites for hydroxylation is 2. The van der Waals surface area contributed by atoms with Gasteiger partial charge in [-0.2, -0.15) is 0 Å². The molecule has 2 aromatic carbocycles. The fourth-order valence-electron chi connectivity index (χ4n) is 5.29. The van der Waals surface area contributed by atoms with Gasteiger partial charge in [0.15, 0.2) is 5.82 Å². The third-order valence-corrected chi connectivity index (χ3v) is 7.61. The van der Waals surface area contributed by atoms with E-state index >= 15 is 0 Å². The number of nitrogens with one attached hydrogen (secondary N) is 2. The third kappa shape index (κ3) is 5.32. The van der Waals surface area contributed by atoms with Gasteiger partial charge in [0.05, 0.1) is 18.1 Å². The first-order valence-corrected chi connectivity index (χ1v) is 13.0. The van der Waals surface area contributed by atoms with Crippen molar-refractivity contribution < 1.29 is 4.79 Å². The Morgan fingerprint density at radius 3 is 2.53 bits per heavy atom. The molecule has 0 saturated carbocycles. The van der Waals surface area contributed by atoms with Crippen molar-refractivity contribution in [1.29, 1.82) is 0 Å². The van der Waals surface area contributed by atoms with Gasteiger partial charge in [0, 0.05) is 48.5 Å². The summed E-state index contributed by atoms with van der Waals surface area (Å²) in [6.07, 6.45) is 6.00. The van der Waals surface area contributed by atoms with Crippen LogP contribution in [0.5, 0.6) is 0 Å². The topological polar surface area (TPSA) is 73.4 Å². The molecule has 36 heavy (non-hydrogen) atoms. The molecule has 2 heterocycles. The largest absolute Gasteiger partial charge is 0.369 e. The lowest BCUT2D eigenvalue weighted by Crippen LogP contribution is -2.46. The SMILES string of the molecule is Cc1cc(Cl)ccc1-c1cnc(NC(=O)N[C@H]2CCc3c(C)ccc(N4CCN(C)CC4)c3C2)cn1. The Bertz CT molecular complexity index is 1250. The summed E-state index contributed by atoms with van der Waals surface area (Å²) in [5.74, 6) is 0.424. The maximum Gasteiger partial charge on any atom is 0.320 e. The number of halogens is 1. The lowest BCUT2D eigenvalue weighted by Gasteiger charge is -2.37. The molecule has 0 radical (unpaired) electrons. The Balaban J connectivity index is 1.24. The molecular formula is C28H33ClN6O. The monoisotopic (exact) mass is 504 g/mol. The van der Waals surface area contributed by atoms with Crippen LogP contribution in [0.25, 0.3) is 11.3 Å². The van der Waals surface area contributed by atoms with Crippen LogP contribution >= 0.6 is 11.6 Å². The molecule has 1 saturated heterocycles. The maximum atomic E-state index is 12.8. The van der Waals surface area contributed by atoms with E-state index < -0.39 is 0 Å². The minimum Gasteiger partial charge on any atom is -0.369 e. The summed E-state index contributed by atoms with van der Waals surface area (Å²) in [7, 11) is 2.18. The van der Waals surface area contributed by atoms with Crippen LogP contribution in [0.2, 0.25) is 5.02 Å². The number of amides is 2. The number of carbonyl (C=O) groups is 1. The number of hydrogen-bond donors (Lipinski definition) is 2. The van der Waals surface area contributed by atoms with Crippen molar-refractivity contribution in [3.63, 3.8) is 0 Å². The minimum atomic E-state index is -0.248. The molecule has 188 valence electrons. The minimum absolute atomic E-state index is 0.0782. The van der Waals surface area contributed by atoms with Crippen LogP contribution in [0.1, 0.15) is 28.7 Å². The molecule has 2 amide bonds. The standard InChI is InChI=1S/C28H33ClN6O/c1-18-4-9-26(35-12-10-34(3)11-13-35)24-15-21(6-8-22(18)24)32-28(36)33-27-17-30-25(16-31-27)23-7-5-20(29)14-19(23)2/h4-5,7,9,14,16-17,21H,6,8,10-13,15H2,1-3H3,(H2,31,32,33,36)/t21-/m0/s1. The van der Waals surface area contributed by atoms with Gasteiger partial charge in [-0.1, -0.05) is 23.7 Å². The van der Waals surface area contributed by atoms with E-state index in [9.17, 15) is 4.79 Å². The van der Waals surface area contributed by atoms with E-state index in [0.717, 1.165) is 62.3 Å². The van der Waals surface area contributed by atoms with E-state index in [1.165, 1.54) is 22.4 Å². The van der Waals surface area contributed by atoms with Gasteiger partial charge in [0.1, 0.15) is 0 Å². The fourth-order valence-corrected chi connectivity index (χ4v) is 5.52. The number of aromatic nitrogens is 2. The average Bonchev–Trinajstić information content (AvgIpc) is 2.86. The number of hydrogen-bond acceptors (Lipinski definition) is 5. The summed E-state index contributed by atoms with van der Waals surface area (Å²) >= 11 is 6.06. The molecule has 1 aliphatic carbocycles. The second-order valence-corrected chi connectivity index (χ2v) is 10.4. The van der Waals surface area contributed by atoms with Crippen molar-refractivity contribution in [2.75, 3.05) is 43.4 Å². The molecule has 1 atom stereocenters. The summed E-state index contributed by atoms with van der Waals surface area (Å²) < 4.78 is 0. The zero-order chi connectivity index (χ0) is 25.2. The van der Waals surface area contributed by atoms with Crippen molar-refractivity contribution >= 4 is 29.1 Å². The first kappa shape index (κ1) is 24.5. The van der Waals surface area contributed by atoms with Gasteiger partial charge in [-0.05, 0) is 80.6 Å². The second-order valence-electron chi connectivity index (χ2n) is 9.93. The lowest BCUT2D eigenvalue weighted by molar-refractivity contribution is 0.247. The number of piperazine rings is 1. The van der Waals surface area contributed by atoms with E-state index in [0.29, 0.717) is 10.8 Å². The second kappa shape index (κ2) is 10.4. The number of nitrogens with zero attached hydrogens (tertiary/aromatic N) is 4. The number of urea groups is 1. The third-order valence-electron chi connectivity index (χ3n) is 7.37. The Labute approximate surface area is 217 Å². The van der Waals surface area contributed by atoms with Crippen molar-refractivity contribution in [3.8, 4) is 11.3 Å². The van der Waals surface area contributed by atoms with Crippen LogP contribution in [0.15, 0.2) is 42.7 Å². The Hall–Kier alpha value is -3.16. The normalized spacial score (nSPS) is 18.0. The molecule has 0 bridgehead atoms. The number of rotatable bonds is 4. The van der Waals surface area contributed by atoms with Crippen LogP contribution in [0, 0.1) is 13.8 Å². The van der Waals surface area contributed by atoms with Crippen LogP contribution in [0.4, 0.5) is 16.3 Å². The number of anilines is 2. The number of likely N-dealkylation sites (N-methyl/N-ethyl adjacent to an activating group) is 1. The molecule has 2 aliphatic rings. The smallest absolute Gasteiger partial charge is 0.320 e. The Morgan fingerprint density at radius 2 is 1.81 bits per heavy atom. The summed E-state index contributed by atoms with van der Waals surface area (Å²) in [5.41, 5.74) is 8.24. The van der Waals surface area contributed by atoms with E-state index in [1.54, 1.807) is 12.4 Å². The fraction of sp³-hybridized carbons (Fsp3) is 0.393. The number of benzene rings is 2. The van der Waals surface area contributed by atoms with Crippen LogP contribution < -0.4 is 15.5 Å². The number of carbonyl (C=O) groups excluding carboxylic acids is 1. The van der Waals surface area contributed by atoms with Crippen molar-refractivity contribution in [1.82, 2.24) is 20.2 Å². The highest BCUT2D eigenvalue weighted by molar-refractivity contribution is 6.30. The molecule has 7 nitrogen and oxygen atoms in total. The molecule has 1 fully saturated rings. The van der Waals surface area contributed by atoms with Gasteiger partial charge in [-0.25, -0.2) is 9.78 Å². The molecule has 0 unspecified atom stereocenters. The molecule has 5 rings (SSSR count). The Kier molecular flexibility index (Phi) is 7.12. The first-order chi connectivity index (χ1) is 17.4. The quantitative estimate of drug-likeness (QED) is 0.531. The maximum absolute atomic E-state index is 12.8. The van der Waals surface area contributed by atoms with Crippen molar-refractivity contribution in [3.05, 3.63) is 70.0 Å². The van der Waals surface area contributed by atoms with Crippen LogP contribution in [0.3, 0.4) is 0 Å². The van der Waals surface area contributed by atoms with E-state index in [1.807, 2.05) is 25.1 Å². The van der Waals surface area contributed by atoms with E-state index in [-0.39, 0.29) is 12.1 Å². The summed E-state index contributed by atoms with van der Waals surface area (Å²) in [5, 5.41) is 6.71. The predicted octanol–water partition coefficient (Wildman–Crippen LogP) is 4.84. The molecule has 0 spiro atoms. The van der Waals surface area contributed by atoms with Crippen molar-refractivity contribution in [2.45, 2.75) is 39.2 Å². The molecule has 8 heteroatoms.